The fourth-order valence-corrected chi connectivity index (χ4v) is 4.69. The van der Waals surface area contributed by atoms with Crippen LogP contribution < -0.4 is 10.2 Å². The average Bonchev–Trinajstić information content (AvgIpc) is 2.76. The number of alkyl halides is 3. The van der Waals surface area contributed by atoms with Crippen LogP contribution in [0.5, 0.6) is 0 Å². The van der Waals surface area contributed by atoms with Crippen molar-refractivity contribution in [3.63, 3.8) is 0 Å². The number of hydrogen-bond donors (Lipinski definition) is 1. The van der Waals surface area contributed by atoms with Gasteiger partial charge in [-0.25, -0.2) is 0 Å². The summed E-state index contributed by atoms with van der Waals surface area (Å²) in [4.78, 5) is 21.1. The van der Waals surface area contributed by atoms with Gasteiger partial charge in [-0.3, -0.25) is 9.78 Å². The van der Waals surface area contributed by atoms with Gasteiger partial charge < -0.3 is 19.9 Å². The summed E-state index contributed by atoms with van der Waals surface area (Å²) < 4.78 is 46.3. The molecule has 0 aliphatic carbocycles. The molecule has 1 aromatic carbocycles. The van der Waals surface area contributed by atoms with Gasteiger partial charge in [0.05, 0.1) is 23.7 Å². The van der Waals surface area contributed by atoms with Gasteiger partial charge >= 0.3 is 6.18 Å². The Labute approximate surface area is 185 Å². The third-order valence-corrected chi connectivity index (χ3v) is 6.38. The van der Waals surface area contributed by atoms with Crippen molar-refractivity contribution in [1.82, 2.24) is 15.2 Å². The number of carbonyl (C=O) groups excluding carboxylic acids is 1. The number of carbonyl (C=O) groups is 1. The summed E-state index contributed by atoms with van der Waals surface area (Å²) >= 11 is 0. The number of nitrogens with one attached hydrogen (secondary N) is 1. The minimum Gasteiger partial charge on any atom is -0.365 e. The highest BCUT2D eigenvalue weighted by atomic mass is 19.4. The monoisotopic (exact) mass is 450 g/mol. The molecule has 2 aliphatic heterocycles. The summed E-state index contributed by atoms with van der Waals surface area (Å²) in [5, 5.41) is 3.43. The molecule has 0 spiro atoms. The Morgan fingerprint density at radius 3 is 2.81 bits per heavy atom. The number of fused-ring (bicyclic) bond motifs is 1. The molecule has 1 amide bonds. The van der Waals surface area contributed by atoms with E-state index in [1.165, 1.54) is 18.7 Å². The molecule has 9 heteroatoms. The maximum Gasteiger partial charge on any atom is 0.418 e. The van der Waals surface area contributed by atoms with E-state index in [1.54, 1.807) is 12.1 Å². The van der Waals surface area contributed by atoms with Crippen LogP contribution in [-0.2, 0) is 15.7 Å². The molecule has 6 nitrogen and oxygen atoms in total. The van der Waals surface area contributed by atoms with E-state index in [2.05, 4.69) is 22.2 Å². The number of anilines is 1. The molecule has 1 unspecified atom stereocenters. The fraction of sp³-hybridized carbons (Fsp3) is 0.565. The lowest BCUT2D eigenvalue weighted by atomic mass is 10.0. The molecular formula is C23H29F3N4O2. The molecule has 4 rings (SSSR count). The Morgan fingerprint density at radius 2 is 2.06 bits per heavy atom. The summed E-state index contributed by atoms with van der Waals surface area (Å²) in [5.41, 5.74) is -0.219. The summed E-state index contributed by atoms with van der Waals surface area (Å²) in [6.07, 6.45) is -0.678. The molecule has 174 valence electrons. The zero-order chi connectivity index (χ0) is 22.9. The van der Waals surface area contributed by atoms with Crippen molar-refractivity contribution in [3.05, 3.63) is 36.0 Å². The van der Waals surface area contributed by atoms with E-state index in [-0.39, 0.29) is 24.1 Å². The van der Waals surface area contributed by atoms with Gasteiger partial charge in [-0.2, -0.15) is 13.2 Å². The van der Waals surface area contributed by atoms with Gasteiger partial charge in [-0.05, 0) is 57.6 Å². The minimum atomic E-state index is -4.49. The van der Waals surface area contributed by atoms with Crippen molar-refractivity contribution in [3.8, 4) is 0 Å². The molecule has 0 radical (unpaired) electrons. The van der Waals surface area contributed by atoms with Crippen LogP contribution in [0, 0.1) is 0 Å². The van der Waals surface area contributed by atoms with Gasteiger partial charge in [0.25, 0.3) is 5.91 Å². The third kappa shape index (κ3) is 4.83. The van der Waals surface area contributed by atoms with Crippen LogP contribution in [0.3, 0.4) is 0 Å². The second-order valence-corrected chi connectivity index (χ2v) is 8.75. The number of nitrogens with zero attached hydrogens (tertiary/aromatic N) is 3. The average molecular weight is 451 g/mol. The van der Waals surface area contributed by atoms with E-state index in [0.717, 1.165) is 25.5 Å². The molecule has 3 atom stereocenters. The molecule has 0 saturated carbocycles. The molecule has 3 heterocycles. The SMILES string of the molecule is C[C@@H]1CN(c2ccc(C(F)(F)F)c3ncccc23)C[C@H](C(=O)NCC2CCCCN2C)O1. The number of benzene rings is 1. The Morgan fingerprint density at radius 1 is 1.25 bits per heavy atom. The van der Waals surface area contributed by atoms with Crippen molar-refractivity contribution in [2.45, 2.75) is 50.6 Å². The number of piperidine rings is 1. The summed E-state index contributed by atoms with van der Waals surface area (Å²) in [7, 11) is 2.07. The molecule has 2 aliphatic rings. The van der Waals surface area contributed by atoms with Crippen molar-refractivity contribution in [1.29, 1.82) is 0 Å². The molecule has 1 N–H and O–H groups in total. The minimum absolute atomic E-state index is 0.0852. The normalized spacial score (nSPS) is 25.2. The molecule has 0 bridgehead atoms. The van der Waals surface area contributed by atoms with Crippen LogP contribution in [-0.4, -0.2) is 67.3 Å². The summed E-state index contributed by atoms with van der Waals surface area (Å²) in [5.74, 6) is -0.185. The smallest absolute Gasteiger partial charge is 0.365 e. The number of aromatic nitrogens is 1. The quantitative estimate of drug-likeness (QED) is 0.774. The second-order valence-electron chi connectivity index (χ2n) is 8.75. The number of pyridine rings is 1. The van der Waals surface area contributed by atoms with Crippen molar-refractivity contribution in [2.75, 3.05) is 38.1 Å². The first-order valence-electron chi connectivity index (χ1n) is 11.1. The van der Waals surface area contributed by atoms with Crippen LogP contribution >= 0.6 is 0 Å². The largest absolute Gasteiger partial charge is 0.418 e. The Hall–Kier alpha value is -2.39. The first kappa shape index (κ1) is 22.8. The van der Waals surface area contributed by atoms with E-state index in [9.17, 15) is 18.0 Å². The Kier molecular flexibility index (Phi) is 6.57. The zero-order valence-electron chi connectivity index (χ0n) is 18.4. The Balaban J connectivity index is 1.52. The number of amides is 1. The van der Waals surface area contributed by atoms with Crippen LogP contribution in [0.25, 0.3) is 10.9 Å². The topological polar surface area (TPSA) is 57.7 Å². The molecule has 2 saturated heterocycles. The van der Waals surface area contributed by atoms with E-state index < -0.39 is 17.8 Å². The van der Waals surface area contributed by atoms with Crippen molar-refractivity contribution < 1.29 is 22.7 Å². The third-order valence-electron chi connectivity index (χ3n) is 6.38. The van der Waals surface area contributed by atoms with E-state index >= 15 is 0 Å². The molecule has 2 aromatic rings. The predicted molar refractivity (Wildman–Crippen MR) is 117 cm³/mol. The lowest BCUT2D eigenvalue weighted by Gasteiger charge is -2.38. The number of morpholine rings is 1. The molecule has 32 heavy (non-hydrogen) atoms. The number of halogens is 3. The maximum atomic E-state index is 13.5. The lowest BCUT2D eigenvalue weighted by Crippen LogP contribution is -2.54. The fourth-order valence-electron chi connectivity index (χ4n) is 4.69. The van der Waals surface area contributed by atoms with E-state index in [0.29, 0.717) is 30.2 Å². The van der Waals surface area contributed by atoms with Crippen molar-refractivity contribution in [2.24, 2.45) is 0 Å². The first-order valence-corrected chi connectivity index (χ1v) is 11.1. The van der Waals surface area contributed by atoms with Crippen LogP contribution in [0.15, 0.2) is 30.5 Å². The highest BCUT2D eigenvalue weighted by molar-refractivity contribution is 5.94. The van der Waals surface area contributed by atoms with E-state index in [4.69, 9.17) is 4.74 Å². The predicted octanol–water partition coefficient (Wildman–Crippen LogP) is 3.45. The van der Waals surface area contributed by atoms with Crippen LogP contribution in [0.2, 0.25) is 0 Å². The van der Waals surface area contributed by atoms with Crippen molar-refractivity contribution >= 4 is 22.5 Å². The van der Waals surface area contributed by atoms with Gasteiger partial charge in [0.1, 0.15) is 0 Å². The lowest BCUT2D eigenvalue weighted by molar-refractivity contribution is -0.137. The van der Waals surface area contributed by atoms with Gasteiger partial charge in [0.15, 0.2) is 6.10 Å². The van der Waals surface area contributed by atoms with Gasteiger partial charge in [0, 0.05) is 36.4 Å². The van der Waals surface area contributed by atoms with E-state index in [1.807, 2.05) is 11.8 Å². The number of ether oxygens (including phenoxy) is 1. The second kappa shape index (κ2) is 9.23. The molecule has 1 aromatic heterocycles. The summed E-state index contributed by atoms with van der Waals surface area (Å²) in [6.45, 7) is 4.21. The number of hydrogen-bond acceptors (Lipinski definition) is 5. The number of likely N-dealkylation sites (tertiary alicyclic amines) is 1. The standard InChI is InChI=1S/C23H29F3N4O2/c1-15-13-30(14-20(32-15)22(31)28-12-16-6-3-4-11-29(16)2)19-9-8-18(23(24,25)26)21-17(19)7-5-10-27-21/h5,7-10,15-16,20H,3-4,6,11-14H2,1-2H3,(H,28,31)/t15-,16?,20-/m1/s1. The number of likely N-dealkylation sites (N-methyl/N-ethyl adjacent to an activating group) is 1. The van der Waals surface area contributed by atoms with Gasteiger partial charge in [0.2, 0.25) is 0 Å². The number of rotatable bonds is 4. The van der Waals surface area contributed by atoms with Crippen LogP contribution in [0.1, 0.15) is 31.7 Å². The molecule has 2 fully saturated rings. The zero-order valence-corrected chi connectivity index (χ0v) is 18.4. The Bertz CT molecular complexity index is 968. The maximum absolute atomic E-state index is 13.5. The van der Waals surface area contributed by atoms with Gasteiger partial charge in [-0.15, -0.1) is 0 Å². The van der Waals surface area contributed by atoms with Gasteiger partial charge in [-0.1, -0.05) is 6.42 Å². The molecular weight excluding hydrogens is 421 g/mol. The summed E-state index contributed by atoms with van der Waals surface area (Å²) in [6, 6.07) is 6.12. The highest BCUT2D eigenvalue weighted by Crippen LogP contribution is 2.38. The van der Waals surface area contributed by atoms with Crippen LogP contribution in [0.4, 0.5) is 18.9 Å². The highest BCUT2D eigenvalue weighted by Gasteiger charge is 2.36. The first-order chi connectivity index (χ1) is 15.2.